The molecule has 1 amide bonds. The summed E-state index contributed by atoms with van der Waals surface area (Å²) < 4.78 is 1.64. The number of aryl methyl sites for hydroxylation is 1. The van der Waals surface area contributed by atoms with Gasteiger partial charge in [0.25, 0.3) is 5.91 Å². The Bertz CT molecular complexity index is 921. The summed E-state index contributed by atoms with van der Waals surface area (Å²) in [5.41, 5.74) is 4.34. The number of hydrogen-bond acceptors (Lipinski definition) is 4. The van der Waals surface area contributed by atoms with Crippen LogP contribution in [-0.4, -0.2) is 31.9 Å². The Morgan fingerprint density at radius 3 is 2.88 bits per heavy atom. The van der Waals surface area contributed by atoms with E-state index in [4.69, 9.17) is 0 Å². The maximum Gasteiger partial charge on any atom is 0.252 e. The lowest BCUT2D eigenvalue weighted by Crippen LogP contribution is -2.34. The molecule has 2 atom stereocenters. The highest BCUT2D eigenvalue weighted by Crippen LogP contribution is 2.31. The topological polar surface area (TPSA) is 80.0 Å². The summed E-state index contributed by atoms with van der Waals surface area (Å²) in [5.74, 6) is -0.191. The van der Waals surface area contributed by atoms with E-state index >= 15 is 0 Å². The average molecular weight is 334 g/mol. The lowest BCUT2D eigenvalue weighted by atomic mass is 10.0. The smallest absolute Gasteiger partial charge is 0.252 e. The molecule has 1 aliphatic carbocycles. The molecule has 2 unspecified atom stereocenters. The van der Waals surface area contributed by atoms with Crippen molar-refractivity contribution < 1.29 is 9.90 Å². The number of carbonyl (C=O) groups excluding carboxylic acids is 1. The van der Waals surface area contributed by atoms with Gasteiger partial charge in [0.15, 0.2) is 0 Å². The standard InChI is InChI=1S/C19H18N4O2/c1-12-8-14(23-11-20-10-21-23)6-7-15(12)19(25)22-18-16-5-3-2-4-13(16)9-17(18)24/h2-8,10-11,17-18,24H,9H2,1H3,(H,22,25). The molecule has 6 heteroatoms. The van der Waals surface area contributed by atoms with Crippen LogP contribution in [-0.2, 0) is 6.42 Å². The van der Waals surface area contributed by atoms with Gasteiger partial charge in [-0.15, -0.1) is 0 Å². The van der Waals surface area contributed by atoms with Crippen LogP contribution in [0, 0.1) is 6.92 Å². The predicted octanol–water partition coefficient (Wildman–Crippen LogP) is 1.96. The van der Waals surface area contributed by atoms with Crippen LogP contribution in [0.1, 0.15) is 33.1 Å². The molecule has 0 saturated heterocycles. The second-order valence-electron chi connectivity index (χ2n) is 6.26. The van der Waals surface area contributed by atoms with Crippen molar-refractivity contribution in [1.82, 2.24) is 20.1 Å². The van der Waals surface area contributed by atoms with Gasteiger partial charge in [-0.3, -0.25) is 4.79 Å². The highest BCUT2D eigenvalue weighted by atomic mass is 16.3. The Morgan fingerprint density at radius 2 is 2.12 bits per heavy atom. The molecule has 0 saturated carbocycles. The van der Waals surface area contributed by atoms with Crippen LogP contribution in [0.2, 0.25) is 0 Å². The molecule has 0 bridgehead atoms. The summed E-state index contributed by atoms with van der Waals surface area (Å²) in [5, 5.41) is 17.4. The molecule has 3 aromatic rings. The SMILES string of the molecule is Cc1cc(-n2cncn2)ccc1C(=O)NC1c2ccccc2CC1O. The van der Waals surface area contributed by atoms with Crippen molar-refractivity contribution in [2.24, 2.45) is 0 Å². The fourth-order valence-electron chi connectivity index (χ4n) is 3.35. The van der Waals surface area contributed by atoms with Crippen LogP contribution in [0.25, 0.3) is 5.69 Å². The van der Waals surface area contributed by atoms with Gasteiger partial charge < -0.3 is 10.4 Å². The third-order valence-corrected chi connectivity index (χ3v) is 4.63. The summed E-state index contributed by atoms with van der Waals surface area (Å²) >= 11 is 0. The molecule has 2 N–H and O–H groups in total. The minimum absolute atomic E-state index is 0.191. The van der Waals surface area contributed by atoms with Gasteiger partial charge in [0, 0.05) is 12.0 Å². The molecule has 1 aliphatic rings. The summed E-state index contributed by atoms with van der Waals surface area (Å²) in [7, 11) is 0. The third kappa shape index (κ3) is 2.81. The Labute approximate surface area is 145 Å². The first-order valence-electron chi connectivity index (χ1n) is 8.16. The molecule has 126 valence electrons. The molecular formula is C19H18N4O2. The van der Waals surface area contributed by atoms with E-state index in [2.05, 4.69) is 15.4 Å². The van der Waals surface area contributed by atoms with Crippen molar-refractivity contribution in [2.75, 3.05) is 0 Å². The summed E-state index contributed by atoms with van der Waals surface area (Å²) in [6, 6.07) is 12.9. The molecule has 1 aromatic heterocycles. The third-order valence-electron chi connectivity index (χ3n) is 4.63. The van der Waals surface area contributed by atoms with Crippen molar-refractivity contribution in [1.29, 1.82) is 0 Å². The van der Waals surface area contributed by atoms with Gasteiger partial charge in [0.05, 0.1) is 17.8 Å². The number of aromatic nitrogens is 3. The first-order chi connectivity index (χ1) is 12.1. The maximum atomic E-state index is 12.7. The Morgan fingerprint density at radius 1 is 1.28 bits per heavy atom. The lowest BCUT2D eigenvalue weighted by Gasteiger charge is -2.19. The van der Waals surface area contributed by atoms with E-state index in [0.29, 0.717) is 12.0 Å². The summed E-state index contributed by atoms with van der Waals surface area (Å²) in [6.45, 7) is 1.88. The second kappa shape index (κ2) is 6.14. The van der Waals surface area contributed by atoms with Gasteiger partial charge in [0.2, 0.25) is 0 Å². The minimum atomic E-state index is -0.601. The largest absolute Gasteiger partial charge is 0.390 e. The van der Waals surface area contributed by atoms with Gasteiger partial charge in [-0.2, -0.15) is 5.10 Å². The molecule has 0 aliphatic heterocycles. The van der Waals surface area contributed by atoms with E-state index in [1.165, 1.54) is 6.33 Å². The van der Waals surface area contributed by atoms with Gasteiger partial charge in [-0.1, -0.05) is 24.3 Å². The Kier molecular flexibility index (Phi) is 3.82. The monoisotopic (exact) mass is 334 g/mol. The van der Waals surface area contributed by atoms with E-state index in [0.717, 1.165) is 22.4 Å². The molecule has 2 aromatic carbocycles. The van der Waals surface area contributed by atoms with Gasteiger partial charge in [-0.25, -0.2) is 9.67 Å². The van der Waals surface area contributed by atoms with Crippen molar-refractivity contribution in [3.63, 3.8) is 0 Å². The predicted molar refractivity (Wildman–Crippen MR) is 92.5 cm³/mol. The minimum Gasteiger partial charge on any atom is -0.390 e. The number of hydrogen-bond donors (Lipinski definition) is 2. The van der Waals surface area contributed by atoms with Crippen LogP contribution < -0.4 is 5.32 Å². The molecule has 6 nitrogen and oxygen atoms in total. The number of rotatable bonds is 3. The van der Waals surface area contributed by atoms with E-state index in [1.807, 2.05) is 43.3 Å². The van der Waals surface area contributed by atoms with Crippen LogP contribution in [0.4, 0.5) is 0 Å². The lowest BCUT2D eigenvalue weighted by molar-refractivity contribution is 0.0857. The zero-order valence-corrected chi connectivity index (χ0v) is 13.8. The van der Waals surface area contributed by atoms with Gasteiger partial charge >= 0.3 is 0 Å². The first-order valence-corrected chi connectivity index (χ1v) is 8.16. The van der Waals surface area contributed by atoms with Crippen molar-refractivity contribution in [3.05, 3.63) is 77.4 Å². The Hall–Kier alpha value is -2.99. The highest BCUT2D eigenvalue weighted by molar-refractivity contribution is 5.96. The zero-order valence-electron chi connectivity index (χ0n) is 13.8. The first kappa shape index (κ1) is 15.5. The van der Waals surface area contributed by atoms with E-state index in [1.54, 1.807) is 17.1 Å². The maximum absolute atomic E-state index is 12.7. The molecular weight excluding hydrogens is 316 g/mol. The van der Waals surface area contributed by atoms with Gasteiger partial charge in [-0.05, 0) is 41.8 Å². The quantitative estimate of drug-likeness (QED) is 0.767. The fourth-order valence-corrected chi connectivity index (χ4v) is 3.35. The molecule has 4 rings (SSSR count). The van der Waals surface area contributed by atoms with Crippen molar-refractivity contribution >= 4 is 5.91 Å². The second-order valence-corrected chi connectivity index (χ2v) is 6.26. The number of nitrogens with zero attached hydrogens (tertiary/aromatic N) is 3. The number of carbonyl (C=O) groups is 1. The molecule has 25 heavy (non-hydrogen) atoms. The fraction of sp³-hybridized carbons (Fsp3) is 0.211. The number of aliphatic hydroxyl groups is 1. The van der Waals surface area contributed by atoms with Crippen molar-refractivity contribution in [3.8, 4) is 5.69 Å². The number of fused-ring (bicyclic) bond motifs is 1. The van der Waals surface area contributed by atoms with E-state index < -0.39 is 6.10 Å². The van der Waals surface area contributed by atoms with E-state index in [-0.39, 0.29) is 11.9 Å². The Balaban J connectivity index is 1.58. The van der Waals surface area contributed by atoms with Crippen molar-refractivity contribution in [2.45, 2.75) is 25.5 Å². The van der Waals surface area contributed by atoms with Crippen LogP contribution in [0.15, 0.2) is 55.1 Å². The highest BCUT2D eigenvalue weighted by Gasteiger charge is 2.32. The normalized spacial score (nSPS) is 18.8. The summed E-state index contributed by atoms with van der Waals surface area (Å²) in [6.07, 6.45) is 3.04. The zero-order chi connectivity index (χ0) is 17.4. The van der Waals surface area contributed by atoms with Crippen LogP contribution in [0.5, 0.6) is 0 Å². The van der Waals surface area contributed by atoms with Crippen LogP contribution >= 0.6 is 0 Å². The number of aliphatic hydroxyl groups excluding tert-OH is 1. The molecule has 0 radical (unpaired) electrons. The van der Waals surface area contributed by atoms with Gasteiger partial charge in [0.1, 0.15) is 12.7 Å². The molecule has 0 spiro atoms. The average Bonchev–Trinajstić information content (AvgIpc) is 3.23. The number of benzene rings is 2. The summed E-state index contributed by atoms with van der Waals surface area (Å²) in [4.78, 5) is 16.6. The van der Waals surface area contributed by atoms with E-state index in [9.17, 15) is 9.90 Å². The molecule has 0 fully saturated rings. The molecule has 1 heterocycles. The number of nitrogens with one attached hydrogen (secondary N) is 1. The van der Waals surface area contributed by atoms with Crippen LogP contribution in [0.3, 0.4) is 0 Å². The number of amides is 1.